The van der Waals surface area contributed by atoms with Crippen LogP contribution in [0.5, 0.6) is 0 Å². The number of nitrogens with one attached hydrogen (secondary N) is 1. The summed E-state index contributed by atoms with van der Waals surface area (Å²) in [5.41, 5.74) is 0. The summed E-state index contributed by atoms with van der Waals surface area (Å²) in [6.07, 6.45) is 4.02. The molecule has 0 rings (SSSR count). The molecular weight excluding hydrogens is 174 g/mol. The molecule has 0 aromatic rings. The van der Waals surface area contributed by atoms with Crippen molar-refractivity contribution in [3.8, 4) is 0 Å². The van der Waals surface area contributed by atoms with Crippen LogP contribution in [0.15, 0.2) is 0 Å². The van der Waals surface area contributed by atoms with E-state index in [0.717, 1.165) is 31.5 Å². The van der Waals surface area contributed by atoms with E-state index in [9.17, 15) is 0 Å². The van der Waals surface area contributed by atoms with Crippen LogP contribution >= 0.6 is 0 Å². The molecule has 0 amide bonds. The fourth-order valence-corrected chi connectivity index (χ4v) is 1.60. The zero-order valence-electron chi connectivity index (χ0n) is 10.3. The molecular formula is C12H27NO. The molecule has 0 saturated carbocycles. The summed E-state index contributed by atoms with van der Waals surface area (Å²) in [5.74, 6) is 1.61. The summed E-state index contributed by atoms with van der Waals surface area (Å²) in [7, 11) is 1.75. The normalized spacial score (nSPS) is 13.5. The van der Waals surface area contributed by atoms with E-state index in [2.05, 4.69) is 26.1 Å². The van der Waals surface area contributed by atoms with Gasteiger partial charge in [0.15, 0.2) is 0 Å². The van der Waals surface area contributed by atoms with Crippen molar-refractivity contribution in [1.82, 2.24) is 5.32 Å². The van der Waals surface area contributed by atoms with Gasteiger partial charge in [-0.1, -0.05) is 33.6 Å². The van der Waals surface area contributed by atoms with Crippen molar-refractivity contribution in [2.24, 2.45) is 11.8 Å². The number of unbranched alkanes of at least 4 members (excludes halogenated alkanes) is 1. The van der Waals surface area contributed by atoms with E-state index < -0.39 is 0 Å². The third-order valence-corrected chi connectivity index (χ3v) is 2.76. The van der Waals surface area contributed by atoms with E-state index in [1.54, 1.807) is 7.11 Å². The third kappa shape index (κ3) is 7.34. The first kappa shape index (κ1) is 13.9. The van der Waals surface area contributed by atoms with E-state index in [1.165, 1.54) is 19.3 Å². The highest BCUT2D eigenvalue weighted by Crippen LogP contribution is 2.16. The molecule has 0 aromatic heterocycles. The van der Waals surface area contributed by atoms with E-state index >= 15 is 0 Å². The average Bonchev–Trinajstić information content (AvgIpc) is 2.16. The Balaban J connectivity index is 3.52. The Morgan fingerprint density at radius 3 is 2.50 bits per heavy atom. The van der Waals surface area contributed by atoms with Crippen molar-refractivity contribution in [3.63, 3.8) is 0 Å². The highest BCUT2D eigenvalue weighted by atomic mass is 16.5. The SMILES string of the molecule is CCCCC(CNCCOC)C(C)C. The van der Waals surface area contributed by atoms with Gasteiger partial charge in [-0.25, -0.2) is 0 Å². The van der Waals surface area contributed by atoms with Gasteiger partial charge in [0.05, 0.1) is 6.61 Å². The summed E-state index contributed by atoms with van der Waals surface area (Å²) in [6.45, 7) is 9.83. The molecule has 2 heteroatoms. The number of hydrogen-bond acceptors (Lipinski definition) is 2. The Bertz CT molecular complexity index is 115. The molecule has 0 heterocycles. The maximum absolute atomic E-state index is 5.00. The van der Waals surface area contributed by atoms with Crippen LogP contribution in [-0.2, 0) is 4.74 Å². The summed E-state index contributed by atoms with van der Waals surface area (Å²) < 4.78 is 5.00. The Morgan fingerprint density at radius 2 is 2.00 bits per heavy atom. The minimum absolute atomic E-state index is 0.789. The van der Waals surface area contributed by atoms with E-state index in [0.29, 0.717) is 0 Å². The highest BCUT2D eigenvalue weighted by molar-refractivity contribution is 4.66. The summed E-state index contributed by atoms with van der Waals surface area (Å²) in [6, 6.07) is 0. The first-order chi connectivity index (χ1) is 6.72. The second-order valence-corrected chi connectivity index (χ2v) is 4.34. The van der Waals surface area contributed by atoms with Crippen LogP contribution in [0, 0.1) is 11.8 Å². The van der Waals surface area contributed by atoms with E-state index in [-0.39, 0.29) is 0 Å². The summed E-state index contributed by atoms with van der Waals surface area (Å²) >= 11 is 0. The number of ether oxygens (including phenoxy) is 1. The van der Waals surface area contributed by atoms with Crippen LogP contribution in [0.4, 0.5) is 0 Å². The lowest BCUT2D eigenvalue weighted by atomic mass is 9.90. The van der Waals surface area contributed by atoms with Crippen molar-refractivity contribution in [2.45, 2.75) is 40.0 Å². The fraction of sp³-hybridized carbons (Fsp3) is 1.00. The molecule has 0 aliphatic heterocycles. The standard InChI is InChI=1S/C12H27NO/c1-5-6-7-12(11(2)3)10-13-8-9-14-4/h11-13H,5-10H2,1-4H3. The molecule has 0 radical (unpaired) electrons. The minimum atomic E-state index is 0.789. The molecule has 1 unspecified atom stereocenters. The molecule has 0 saturated heterocycles. The molecule has 86 valence electrons. The number of methoxy groups -OCH3 is 1. The van der Waals surface area contributed by atoms with Gasteiger partial charge in [0.25, 0.3) is 0 Å². The van der Waals surface area contributed by atoms with Crippen LogP contribution < -0.4 is 5.32 Å². The summed E-state index contributed by atoms with van der Waals surface area (Å²) in [4.78, 5) is 0. The monoisotopic (exact) mass is 201 g/mol. The lowest BCUT2D eigenvalue weighted by molar-refractivity contribution is 0.195. The van der Waals surface area contributed by atoms with Crippen molar-refractivity contribution in [1.29, 1.82) is 0 Å². The first-order valence-electron chi connectivity index (χ1n) is 5.92. The Hall–Kier alpha value is -0.0800. The second kappa shape index (κ2) is 9.47. The molecule has 0 bridgehead atoms. The Labute approximate surface area is 89.4 Å². The summed E-state index contributed by atoms with van der Waals surface area (Å²) in [5, 5.41) is 3.45. The Kier molecular flexibility index (Phi) is 9.42. The molecule has 0 spiro atoms. The molecule has 14 heavy (non-hydrogen) atoms. The van der Waals surface area contributed by atoms with Crippen LogP contribution in [-0.4, -0.2) is 26.8 Å². The van der Waals surface area contributed by atoms with Crippen molar-refractivity contribution in [3.05, 3.63) is 0 Å². The predicted octanol–water partition coefficient (Wildman–Crippen LogP) is 2.68. The molecule has 0 aromatic carbocycles. The van der Waals surface area contributed by atoms with Gasteiger partial charge >= 0.3 is 0 Å². The zero-order valence-corrected chi connectivity index (χ0v) is 10.3. The quantitative estimate of drug-likeness (QED) is 0.579. The van der Waals surface area contributed by atoms with Gasteiger partial charge in [-0.3, -0.25) is 0 Å². The number of hydrogen-bond donors (Lipinski definition) is 1. The third-order valence-electron chi connectivity index (χ3n) is 2.76. The molecule has 0 fully saturated rings. The average molecular weight is 201 g/mol. The maximum Gasteiger partial charge on any atom is 0.0587 e. The van der Waals surface area contributed by atoms with Gasteiger partial charge in [-0.15, -0.1) is 0 Å². The minimum Gasteiger partial charge on any atom is -0.383 e. The first-order valence-corrected chi connectivity index (χ1v) is 5.92. The number of rotatable bonds is 9. The molecule has 0 aliphatic rings. The van der Waals surface area contributed by atoms with Crippen molar-refractivity contribution < 1.29 is 4.74 Å². The van der Waals surface area contributed by atoms with Gasteiger partial charge < -0.3 is 10.1 Å². The fourth-order valence-electron chi connectivity index (χ4n) is 1.60. The van der Waals surface area contributed by atoms with Crippen LogP contribution in [0.2, 0.25) is 0 Å². The lowest BCUT2D eigenvalue weighted by Crippen LogP contribution is -2.28. The zero-order chi connectivity index (χ0) is 10.8. The van der Waals surface area contributed by atoms with Gasteiger partial charge in [0.1, 0.15) is 0 Å². The Morgan fingerprint density at radius 1 is 1.29 bits per heavy atom. The van der Waals surface area contributed by atoms with Crippen LogP contribution in [0.3, 0.4) is 0 Å². The lowest BCUT2D eigenvalue weighted by Gasteiger charge is -2.21. The van der Waals surface area contributed by atoms with Gasteiger partial charge in [0.2, 0.25) is 0 Å². The molecule has 0 aliphatic carbocycles. The second-order valence-electron chi connectivity index (χ2n) is 4.34. The van der Waals surface area contributed by atoms with Crippen molar-refractivity contribution in [2.75, 3.05) is 26.8 Å². The van der Waals surface area contributed by atoms with E-state index in [4.69, 9.17) is 4.74 Å². The van der Waals surface area contributed by atoms with Crippen molar-refractivity contribution >= 4 is 0 Å². The maximum atomic E-state index is 5.00. The van der Waals surface area contributed by atoms with E-state index in [1.807, 2.05) is 0 Å². The van der Waals surface area contributed by atoms with Gasteiger partial charge in [0, 0.05) is 13.7 Å². The molecule has 1 atom stereocenters. The van der Waals surface area contributed by atoms with Gasteiger partial charge in [-0.05, 0) is 24.8 Å². The van der Waals surface area contributed by atoms with Crippen LogP contribution in [0.1, 0.15) is 40.0 Å². The molecule has 2 nitrogen and oxygen atoms in total. The largest absolute Gasteiger partial charge is 0.383 e. The smallest absolute Gasteiger partial charge is 0.0587 e. The highest BCUT2D eigenvalue weighted by Gasteiger charge is 2.11. The molecule has 1 N–H and O–H groups in total. The van der Waals surface area contributed by atoms with Crippen LogP contribution in [0.25, 0.3) is 0 Å². The predicted molar refractivity (Wildman–Crippen MR) is 62.6 cm³/mol. The van der Waals surface area contributed by atoms with Gasteiger partial charge in [-0.2, -0.15) is 0 Å². The topological polar surface area (TPSA) is 21.3 Å².